The number of aliphatic hydroxyl groups excluding tert-OH is 1. The van der Waals surface area contributed by atoms with Crippen LogP contribution in [0.15, 0.2) is 0 Å². The van der Waals surface area contributed by atoms with Gasteiger partial charge in [-0.15, -0.1) is 0 Å². The SMILES string of the molecule is Cn1nc2c(c1C(=O)NC1CCC(C(=O)N3C[C@@H](O)[C@H](F)C3)CC1)CCCC2. The van der Waals surface area contributed by atoms with Crippen molar-refractivity contribution in [1.29, 1.82) is 0 Å². The number of carbonyl (C=O) groups excluding carboxylic acids is 2. The summed E-state index contributed by atoms with van der Waals surface area (Å²) in [5.74, 6) is -0.282. The number of β-amino-alcohol motifs (C(OH)–C–C–N with tert-alkyl or cyclic N) is 1. The summed E-state index contributed by atoms with van der Waals surface area (Å²) in [4.78, 5) is 26.9. The van der Waals surface area contributed by atoms with Gasteiger partial charge in [0, 0.05) is 31.1 Å². The van der Waals surface area contributed by atoms with Gasteiger partial charge < -0.3 is 15.3 Å². The predicted octanol–water partition coefficient (Wildman–Crippen LogP) is 1.13. The molecule has 154 valence electrons. The van der Waals surface area contributed by atoms with Crippen molar-refractivity contribution in [3.63, 3.8) is 0 Å². The van der Waals surface area contributed by atoms with Crippen LogP contribution in [0.1, 0.15) is 60.3 Å². The van der Waals surface area contributed by atoms with E-state index >= 15 is 0 Å². The van der Waals surface area contributed by atoms with Crippen molar-refractivity contribution >= 4 is 11.8 Å². The van der Waals surface area contributed by atoms with Gasteiger partial charge in [0.15, 0.2) is 0 Å². The Morgan fingerprint density at radius 1 is 1.14 bits per heavy atom. The molecule has 1 aromatic rings. The number of hydrogen-bond acceptors (Lipinski definition) is 4. The number of hydrogen-bond donors (Lipinski definition) is 2. The van der Waals surface area contributed by atoms with Crippen LogP contribution in [0.4, 0.5) is 4.39 Å². The van der Waals surface area contributed by atoms with Crippen molar-refractivity contribution in [2.75, 3.05) is 13.1 Å². The van der Waals surface area contributed by atoms with Gasteiger partial charge in [-0.2, -0.15) is 5.10 Å². The van der Waals surface area contributed by atoms with Crippen LogP contribution in [0.3, 0.4) is 0 Å². The smallest absolute Gasteiger partial charge is 0.270 e. The second-order valence-electron chi connectivity index (χ2n) is 8.45. The number of aryl methyl sites for hydroxylation is 2. The van der Waals surface area contributed by atoms with Gasteiger partial charge in [-0.05, 0) is 51.4 Å². The Morgan fingerprint density at radius 3 is 2.54 bits per heavy atom. The lowest BCUT2D eigenvalue weighted by molar-refractivity contribution is -0.136. The van der Waals surface area contributed by atoms with E-state index < -0.39 is 12.3 Å². The van der Waals surface area contributed by atoms with Crippen molar-refractivity contribution in [2.24, 2.45) is 13.0 Å². The number of nitrogens with one attached hydrogen (secondary N) is 1. The van der Waals surface area contributed by atoms with Crippen LogP contribution < -0.4 is 5.32 Å². The highest BCUT2D eigenvalue weighted by Crippen LogP contribution is 2.29. The van der Waals surface area contributed by atoms with Crippen molar-refractivity contribution in [2.45, 2.75) is 69.7 Å². The van der Waals surface area contributed by atoms with E-state index in [1.54, 1.807) is 4.68 Å². The highest BCUT2D eigenvalue weighted by Gasteiger charge is 2.38. The molecule has 2 N–H and O–H groups in total. The highest BCUT2D eigenvalue weighted by molar-refractivity contribution is 5.94. The van der Waals surface area contributed by atoms with Crippen LogP contribution in [0.2, 0.25) is 0 Å². The summed E-state index contributed by atoms with van der Waals surface area (Å²) in [6.07, 6.45) is 4.48. The monoisotopic (exact) mass is 392 g/mol. The number of amides is 2. The number of aliphatic hydroxyl groups is 1. The lowest BCUT2D eigenvalue weighted by Crippen LogP contribution is -2.42. The first-order chi connectivity index (χ1) is 13.4. The quantitative estimate of drug-likeness (QED) is 0.807. The molecule has 0 bridgehead atoms. The topological polar surface area (TPSA) is 87.5 Å². The maximum absolute atomic E-state index is 13.5. The summed E-state index contributed by atoms with van der Waals surface area (Å²) in [6, 6.07) is 0.0452. The zero-order valence-corrected chi connectivity index (χ0v) is 16.4. The minimum atomic E-state index is -1.34. The maximum Gasteiger partial charge on any atom is 0.270 e. The van der Waals surface area contributed by atoms with Gasteiger partial charge in [-0.1, -0.05) is 0 Å². The standard InChI is InChI=1S/C20H29FN4O3/c1-24-18(14-4-2-3-5-16(14)23-24)19(27)22-13-8-6-12(7-9-13)20(28)25-10-15(21)17(26)11-25/h12-13,15,17,26H,2-11H2,1H3,(H,22,27)/t12?,13?,15-,17-/m1/s1. The zero-order chi connectivity index (χ0) is 19.8. The number of halogens is 1. The molecule has 3 aliphatic rings. The molecule has 2 aliphatic carbocycles. The fourth-order valence-electron chi connectivity index (χ4n) is 4.89. The Balaban J connectivity index is 1.32. The second kappa shape index (κ2) is 7.81. The van der Waals surface area contributed by atoms with Crippen LogP contribution in [-0.2, 0) is 24.7 Å². The molecule has 1 aliphatic heterocycles. The molecule has 7 nitrogen and oxygen atoms in total. The third-order valence-electron chi connectivity index (χ3n) is 6.48. The van der Waals surface area contributed by atoms with Gasteiger partial charge in [-0.3, -0.25) is 14.3 Å². The van der Waals surface area contributed by atoms with E-state index in [1.165, 1.54) is 4.90 Å². The van der Waals surface area contributed by atoms with Gasteiger partial charge in [-0.25, -0.2) is 4.39 Å². The number of likely N-dealkylation sites (tertiary alicyclic amines) is 1. The summed E-state index contributed by atoms with van der Waals surface area (Å²) in [5.41, 5.74) is 2.81. The van der Waals surface area contributed by atoms with Crippen LogP contribution in [0.5, 0.6) is 0 Å². The number of fused-ring (bicyclic) bond motifs is 1. The molecule has 8 heteroatoms. The molecule has 2 amide bonds. The first-order valence-corrected chi connectivity index (χ1v) is 10.4. The molecule has 1 saturated heterocycles. The number of nitrogens with zero attached hydrogens (tertiary/aromatic N) is 3. The maximum atomic E-state index is 13.5. The molecule has 0 spiro atoms. The second-order valence-corrected chi connectivity index (χ2v) is 8.45. The Kier molecular flexibility index (Phi) is 5.40. The Hall–Kier alpha value is -1.96. The summed E-state index contributed by atoms with van der Waals surface area (Å²) < 4.78 is 15.2. The van der Waals surface area contributed by atoms with E-state index in [4.69, 9.17) is 0 Å². The van der Waals surface area contributed by atoms with Gasteiger partial charge >= 0.3 is 0 Å². The molecule has 2 atom stereocenters. The van der Waals surface area contributed by atoms with Crippen molar-refractivity contribution in [1.82, 2.24) is 20.0 Å². The lowest BCUT2D eigenvalue weighted by Gasteiger charge is -2.30. The Labute approximate surface area is 164 Å². The summed E-state index contributed by atoms with van der Waals surface area (Å²) in [7, 11) is 1.82. The summed E-state index contributed by atoms with van der Waals surface area (Å²) in [5, 5.41) is 17.2. The summed E-state index contributed by atoms with van der Waals surface area (Å²) in [6.45, 7) is 0.0739. The molecule has 28 heavy (non-hydrogen) atoms. The molecular weight excluding hydrogens is 363 g/mol. The minimum Gasteiger partial charge on any atom is -0.388 e. The molecule has 0 unspecified atom stereocenters. The minimum absolute atomic E-state index is 0.0116. The van der Waals surface area contributed by atoms with E-state index in [-0.39, 0.29) is 36.9 Å². The molecule has 2 fully saturated rings. The molecule has 1 saturated carbocycles. The Morgan fingerprint density at radius 2 is 1.86 bits per heavy atom. The molecule has 1 aromatic heterocycles. The van der Waals surface area contributed by atoms with E-state index in [0.29, 0.717) is 18.5 Å². The molecule has 0 aromatic carbocycles. The highest BCUT2D eigenvalue weighted by atomic mass is 19.1. The van der Waals surface area contributed by atoms with E-state index in [1.807, 2.05) is 7.05 Å². The first-order valence-electron chi connectivity index (χ1n) is 10.4. The summed E-state index contributed by atoms with van der Waals surface area (Å²) >= 11 is 0. The average Bonchev–Trinajstić information content (AvgIpc) is 3.20. The fraction of sp³-hybridized carbons (Fsp3) is 0.750. The van der Waals surface area contributed by atoms with Gasteiger partial charge in [0.25, 0.3) is 5.91 Å². The molecule has 2 heterocycles. The van der Waals surface area contributed by atoms with Crippen LogP contribution in [-0.4, -0.2) is 63.0 Å². The van der Waals surface area contributed by atoms with E-state index in [9.17, 15) is 19.1 Å². The molecule has 0 radical (unpaired) electrons. The normalized spacial score (nSPS) is 30.2. The van der Waals surface area contributed by atoms with E-state index in [0.717, 1.165) is 49.8 Å². The predicted molar refractivity (Wildman–Crippen MR) is 101 cm³/mol. The van der Waals surface area contributed by atoms with Crippen LogP contribution in [0.25, 0.3) is 0 Å². The van der Waals surface area contributed by atoms with Crippen molar-refractivity contribution in [3.05, 3.63) is 17.0 Å². The fourth-order valence-corrected chi connectivity index (χ4v) is 4.89. The van der Waals surface area contributed by atoms with Gasteiger partial charge in [0.2, 0.25) is 5.91 Å². The number of aromatic nitrogens is 2. The first kappa shape index (κ1) is 19.4. The molecule has 4 rings (SSSR count). The third kappa shape index (κ3) is 3.66. The number of alkyl halides is 1. The van der Waals surface area contributed by atoms with Crippen LogP contribution >= 0.6 is 0 Å². The van der Waals surface area contributed by atoms with Crippen LogP contribution in [0, 0.1) is 5.92 Å². The average molecular weight is 392 g/mol. The van der Waals surface area contributed by atoms with Crippen molar-refractivity contribution < 1.29 is 19.1 Å². The Bertz CT molecular complexity index is 747. The van der Waals surface area contributed by atoms with E-state index in [2.05, 4.69) is 10.4 Å². The van der Waals surface area contributed by atoms with Crippen molar-refractivity contribution in [3.8, 4) is 0 Å². The lowest BCUT2D eigenvalue weighted by atomic mass is 9.85. The third-order valence-corrected chi connectivity index (χ3v) is 6.48. The zero-order valence-electron chi connectivity index (χ0n) is 16.4. The number of carbonyl (C=O) groups is 2. The van der Waals surface area contributed by atoms with Gasteiger partial charge in [0.05, 0.1) is 12.2 Å². The van der Waals surface area contributed by atoms with Gasteiger partial charge in [0.1, 0.15) is 18.0 Å². The number of rotatable bonds is 3. The largest absolute Gasteiger partial charge is 0.388 e. The molecular formula is C20H29FN4O3.